The van der Waals surface area contributed by atoms with Gasteiger partial charge < -0.3 is 9.47 Å². The van der Waals surface area contributed by atoms with Gasteiger partial charge in [-0.25, -0.2) is 0 Å². The van der Waals surface area contributed by atoms with Gasteiger partial charge in [-0.05, 0) is 37.0 Å². The Kier molecular flexibility index (Phi) is 3.48. The third kappa shape index (κ3) is 2.07. The van der Waals surface area contributed by atoms with Crippen LogP contribution in [0.2, 0.25) is 0 Å². The average molecular weight is 234 g/mol. The van der Waals surface area contributed by atoms with Gasteiger partial charge in [0.15, 0.2) is 11.4 Å². The fraction of sp³-hybridized carbons (Fsp3) is 0.500. The molecule has 0 aliphatic heterocycles. The molecule has 0 amide bonds. The summed E-state index contributed by atoms with van der Waals surface area (Å²) in [7, 11) is 3.25. The molecule has 1 aromatic carbocycles. The number of hydrogen-bond acceptors (Lipinski definition) is 3. The molecule has 92 valence electrons. The molecule has 1 unspecified atom stereocenters. The Morgan fingerprint density at radius 2 is 1.82 bits per heavy atom. The van der Waals surface area contributed by atoms with Crippen LogP contribution in [0.5, 0.6) is 5.75 Å². The van der Waals surface area contributed by atoms with Crippen LogP contribution in [0, 0.1) is 0 Å². The predicted molar refractivity (Wildman–Crippen MR) is 65.2 cm³/mol. The molecule has 1 saturated carbocycles. The number of carbonyl (C=O) groups is 1. The summed E-state index contributed by atoms with van der Waals surface area (Å²) < 4.78 is 10.7. The van der Waals surface area contributed by atoms with Crippen molar-refractivity contribution in [3.05, 3.63) is 29.8 Å². The number of hydrogen-bond donors (Lipinski definition) is 0. The van der Waals surface area contributed by atoms with Gasteiger partial charge in [-0.2, -0.15) is 0 Å². The number of rotatable bonds is 3. The van der Waals surface area contributed by atoms with Crippen molar-refractivity contribution in [2.45, 2.75) is 31.3 Å². The summed E-state index contributed by atoms with van der Waals surface area (Å²) in [5.74, 6) is 0.986. The van der Waals surface area contributed by atoms with E-state index in [1.807, 2.05) is 24.3 Å². The Balaban J connectivity index is 2.35. The van der Waals surface area contributed by atoms with Crippen LogP contribution in [0.1, 0.15) is 31.2 Å². The fourth-order valence-corrected chi connectivity index (χ4v) is 2.50. The Hall–Kier alpha value is -1.35. The zero-order valence-electron chi connectivity index (χ0n) is 10.4. The van der Waals surface area contributed by atoms with E-state index in [9.17, 15) is 4.79 Å². The lowest BCUT2D eigenvalue weighted by Gasteiger charge is -2.34. The maximum absolute atomic E-state index is 12.1. The van der Waals surface area contributed by atoms with E-state index in [0.29, 0.717) is 6.42 Å². The summed E-state index contributed by atoms with van der Waals surface area (Å²) in [6.07, 6.45) is 3.39. The van der Waals surface area contributed by atoms with Crippen LogP contribution in [0.25, 0.3) is 0 Å². The van der Waals surface area contributed by atoms with Gasteiger partial charge in [-0.15, -0.1) is 0 Å². The van der Waals surface area contributed by atoms with Crippen molar-refractivity contribution in [2.75, 3.05) is 14.2 Å². The second kappa shape index (κ2) is 4.88. The van der Waals surface area contributed by atoms with Crippen LogP contribution >= 0.6 is 0 Å². The van der Waals surface area contributed by atoms with E-state index in [2.05, 4.69) is 0 Å². The molecule has 1 aliphatic carbocycles. The normalized spacial score (nSPS) is 24.7. The van der Waals surface area contributed by atoms with Gasteiger partial charge in [-0.1, -0.05) is 12.1 Å². The van der Waals surface area contributed by atoms with Crippen LogP contribution < -0.4 is 4.74 Å². The third-order valence-electron chi connectivity index (χ3n) is 3.54. The number of ether oxygens (including phenoxy) is 2. The fourth-order valence-electron chi connectivity index (χ4n) is 2.50. The molecular formula is C14H18O3. The van der Waals surface area contributed by atoms with Crippen LogP contribution in [-0.4, -0.2) is 20.0 Å². The highest BCUT2D eigenvalue weighted by Gasteiger charge is 2.41. The molecule has 0 bridgehead atoms. The van der Waals surface area contributed by atoms with Crippen molar-refractivity contribution in [1.29, 1.82) is 0 Å². The SMILES string of the molecule is COc1ccc(C2(OC)CCCCC2=O)cc1. The van der Waals surface area contributed by atoms with Crippen LogP contribution in [0.3, 0.4) is 0 Å². The Morgan fingerprint density at radius 1 is 1.12 bits per heavy atom. The van der Waals surface area contributed by atoms with E-state index in [1.165, 1.54) is 0 Å². The zero-order chi connectivity index (χ0) is 12.3. The van der Waals surface area contributed by atoms with Gasteiger partial charge in [0.05, 0.1) is 7.11 Å². The number of methoxy groups -OCH3 is 2. The molecule has 1 fully saturated rings. The highest BCUT2D eigenvalue weighted by molar-refractivity contribution is 5.89. The van der Waals surface area contributed by atoms with Crippen molar-refractivity contribution in [2.24, 2.45) is 0 Å². The molecule has 0 aromatic heterocycles. The average Bonchev–Trinajstić information content (AvgIpc) is 2.40. The summed E-state index contributed by atoms with van der Waals surface area (Å²) in [6.45, 7) is 0. The molecule has 1 aliphatic rings. The minimum Gasteiger partial charge on any atom is -0.497 e. The molecule has 1 aromatic rings. The summed E-state index contributed by atoms with van der Waals surface area (Å²) in [6, 6.07) is 7.59. The summed E-state index contributed by atoms with van der Waals surface area (Å²) in [5.41, 5.74) is 0.204. The summed E-state index contributed by atoms with van der Waals surface area (Å²) >= 11 is 0. The standard InChI is InChI=1S/C14H18O3/c1-16-12-8-6-11(7-9-12)14(17-2)10-4-3-5-13(14)15/h6-9H,3-5,10H2,1-2H3. The molecule has 2 rings (SSSR count). The van der Waals surface area contributed by atoms with E-state index in [0.717, 1.165) is 30.6 Å². The highest BCUT2D eigenvalue weighted by Crippen LogP contribution is 2.37. The second-order valence-electron chi connectivity index (χ2n) is 4.39. The van der Waals surface area contributed by atoms with Gasteiger partial charge in [0.2, 0.25) is 0 Å². The minimum atomic E-state index is -0.732. The lowest BCUT2D eigenvalue weighted by molar-refractivity contribution is -0.146. The second-order valence-corrected chi connectivity index (χ2v) is 4.39. The Morgan fingerprint density at radius 3 is 2.35 bits per heavy atom. The quantitative estimate of drug-likeness (QED) is 0.806. The molecule has 0 heterocycles. The van der Waals surface area contributed by atoms with E-state index < -0.39 is 5.60 Å². The molecular weight excluding hydrogens is 216 g/mol. The van der Waals surface area contributed by atoms with Crippen molar-refractivity contribution in [1.82, 2.24) is 0 Å². The lowest BCUT2D eigenvalue weighted by atomic mass is 9.78. The molecule has 0 N–H and O–H groups in total. The first-order chi connectivity index (χ1) is 8.23. The van der Waals surface area contributed by atoms with Crippen LogP contribution in [-0.2, 0) is 15.1 Å². The van der Waals surface area contributed by atoms with Gasteiger partial charge in [0.1, 0.15) is 5.75 Å². The number of Topliss-reactive ketones (excluding diaryl/α,β-unsaturated/α-hetero) is 1. The summed E-state index contributed by atoms with van der Waals surface area (Å²) in [5, 5.41) is 0. The maximum atomic E-state index is 12.1. The maximum Gasteiger partial charge on any atom is 0.169 e. The van der Waals surface area contributed by atoms with Gasteiger partial charge in [0.25, 0.3) is 0 Å². The minimum absolute atomic E-state index is 0.191. The monoisotopic (exact) mass is 234 g/mol. The van der Waals surface area contributed by atoms with E-state index in [4.69, 9.17) is 9.47 Å². The molecule has 0 saturated heterocycles. The van der Waals surface area contributed by atoms with E-state index in [1.54, 1.807) is 14.2 Å². The van der Waals surface area contributed by atoms with Gasteiger partial charge in [0, 0.05) is 13.5 Å². The molecule has 3 nitrogen and oxygen atoms in total. The third-order valence-corrected chi connectivity index (χ3v) is 3.54. The van der Waals surface area contributed by atoms with Crippen molar-refractivity contribution in [3.63, 3.8) is 0 Å². The molecule has 1 atom stereocenters. The first-order valence-corrected chi connectivity index (χ1v) is 5.96. The number of benzene rings is 1. The Bertz CT molecular complexity index is 396. The predicted octanol–water partition coefficient (Wildman–Crippen LogP) is 2.68. The highest BCUT2D eigenvalue weighted by atomic mass is 16.5. The van der Waals surface area contributed by atoms with E-state index in [-0.39, 0.29) is 5.78 Å². The van der Waals surface area contributed by atoms with Crippen molar-refractivity contribution in [3.8, 4) is 5.75 Å². The molecule has 17 heavy (non-hydrogen) atoms. The van der Waals surface area contributed by atoms with Crippen LogP contribution in [0.15, 0.2) is 24.3 Å². The van der Waals surface area contributed by atoms with Crippen LogP contribution in [0.4, 0.5) is 0 Å². The summed E-state index contributed by atoms with van der Waals surface area (Å²) in [4.78, 5) is 12.1. The van der Waals surface area contributed by atoms with Gasteiger partial charge >= 0.3 is 0 Å². The molecule has 0 spiro atoms. The first-order valence-electron chi connectivity index (χ1n) is 5.96. The van der Waals surface area contributed by atoms with Gasteiger partial charge in [-0.3, -0.25) is 4.79 Å². The topological polar surface area (TPSA) is 35.5 Å². The zero-order valence-corrected chi connectivity index (χ0v) is 10.4. The van der Waals surface area contributed by atoms with Crippen molar-refractivity contribution < 1.29 is 14.3 Å². The lowest BCUT2D eigenvalue weighted by Crippen LogP contribution is -2.40. The Labute approximate surface area is 102 Å². The van der Waals surface area contributed by atoms with E-state index >= 15 is 0 Å². The van der Waals surface area contributed by atoms with Crippen molar-refractivity contribution >= 4 is 5.78 Å². The molecule has 0 radical (unpaired) electrons. The first kappa shape index (κ1) is 12.1. The number of carbonyl (C=O) groups excluding carboxylic acids is 1. The number of ketones is 1. The molecule has 3 heteroatoms. The largest absolute Gasteiger partial charge is 0.497 e. The smallest absolute Gasteiger partial charge is 0.169 e.